The van der Waals surface area contributed by atoms with Crippen molar-refractivity contribution in [1.29, 1.82) is 0 Å². The van der Waals surface area contributed by atoms with Crippen LogP contribution in [0.3, 0.4) is 0 Å². The molecule has 0 aliphatic heterocycles. The lowest BCUT2D eigenvalue weighted by Crippen LogP contribution is -2.33. The lowest BCUT2D eigenvalue weighted by molar-refractivity contribution is -0.385. The van der Waals surface area contributed by atoms with E-state index in [1.54, 1.807) is 6.07 Å². The number of nitro groups is 1. The number of aromatic amines is 1. The van der Waals surface area contributed by atoms with Gasteiger partial charge in [0.05, 0.1) is 11.5 Å². The van der Waals surface area contributed by atoms with Crippen molar-refractivity contribution in [2.45, 2.75) is 12.8 Å². The van der Waals surface area contributed by atoms with Crippen LogP contribution >= 0.6 is 0 Å². The van der Waals surface area contributed by atoms with Gasteiger partial charge in [0.15, 0.2) is 6.23 Å². The molecule has 0 fully saturated rings. The Hall–Kier alpha value is -3.52. The molecule has 0 bridgehead atoms. The van der Waals surface area contributed by atoms with Gasteiger partial charge in [-0.05, 0) is 5.56 Å². The van der Waals surface area contributed by atoms with Gasteiger partial charge in [-0.3, -0.25) is 24.5 Å². The molecule has 8 nitrogen and oxygen atoms in total. The Morgan fingerprint density at radius 3 is 2.54 bits per heavy atom. The predicted molar refractivity (Wildman–Crippen MR) is 93.8 cm³/mol. The third kappa shape index (κ3) is 3.93. The molecule has 0 amide bonds. The molecule has 1 heterocycles. The van der Waals surface area contributed by atoms with E-state index < -0.39 is 22.4 Å². The SMILES string of the molecule is O=c1ccn(C(OCc2ccccc2)c2cccc([N+](=O)[O-])c2)c(=O)[nH]1. The molecule has 0 saturated heterocycles. The molecule has 1 atom stereocenters. The van der Waals surface area contributed by atoms with Crippen molar-refractivity contribution in [3.05, 3.63) is 109 Å². The average molecular weight is 353 g/mol. The highest BCUT2D eigenvalue weighted by atomic mass is 16.6. The third-order valence-corrected chi connectivity index (χ3v) is 3.72. The van der Waals surface area contributed by atoms with Crippen molar-refractivity contribution in [2.24, 2.45) is 0 Å². The number of hydrogen-bond acceptors (Lipinski definition) is 5. The number of ether oxygens (including phenoxy) is 1. The number of rotatable bonds is 6. The van der Waals surface area contributed by atoms with Crippen LogP contribution in [0.1, 0.15) is 17.4 Å². The van der Waals surface area contributed by atoms with E-state index in [0.717, 1.165) is 5.56 Å². The normalized spacial score (nSPS) is 11.8. The van der Waals surface area contributed by atoms with Crippen LogP contribution in [-0.4, -0.2) is 14.5 Å². The molecule has 0 aliphatic carbocycles. The van der Waals surface area contributed by atoms with E-state index in [0.29, 0.717) is 5.56 Å². The van der Waals surface area contributed by atoms with Gasteiger partial charge in [-0.1, -0.05) is 42.5 Å². The Kier molecular flexibility index (Phi) is 5.04. The van der Waals surface area contributed by atoms with Gasteiger partial charge in [-0.15, -0.1) is 0 Å². The molecule has 26 heavy (non-hydrogen) atoms. The van der Waals surface area contributed by atoms with Gasteiger partial charge in [0.1, 0.15) is 0 Å². The molecule has 2 aromatic carbocycles. The van der Waals surface area contributed by atoms with Gasteiger partial charge in [0, 0.05) is 30.0 Å². The Balaban J connectivity index is 2.01. The van der Waals surface area contributed by atoms with E-state index in [1.807, 2.05) is 30.3 Å². The minimum absolute atomic E-state index is 0.117. The average Bonchev–Trinajstić information content (AvgIpc) is 2.64. The van der Waals surface area contributed by atoms with Gasteiger partial charge < -0.3 is 4.74 Å². The van der Waals surface area contributed by atoms with Crippen LogP contribution in [0.25, 0.3) is 0 Å². The number of aromatic nitrogens is 2. The van der Waals surface area contributed by atoms with E-state index in [-0.39, 0.29) is 12.3 Å². The number of nitrogens with zero attached hydrogens (tertiary/aromatic N) is 2. The van der Waals surface area contributed by atoms with E-state index in [9.17, 15) is 19.7 Å². The topological polar surface area (TPSA) is 107 Å². The van der Waals surface area contributed by atoms with Crippen molar-refractivity contribution in [2.75, 3.05) is 0 Å². The van der Waals surface area contributed by atoms with Gasteiger partial charge in [-0.25, -0.2) is 4.79 Å². The largest absolute Gasteiger partial charge is 0.349 e. The fraction of sp³-hybridized carbons (Fsp3) is 0.111. The van der Waals surface area contributed by atoms with Crippen LogP contribution < -0.4 is 11.2 Å². The van der Waals surface area contributed by atoms with Crippen LogP contribution in [0.5, 0.6) is 0 Å². The van der Waals surface area contributed by atoms with E-state index in [2.05, 4.69) is 4.98 Å². The summed E-state index contributed by atoms with van der Waals surface area (Å²) in [7, 11) is 0. The molecule has 8 heteroatoms. The summed E-state index contributed by atoms with van der Waals surface area (Å²) in [5.41, 5.74) is -0.0212. The Bertz CT molecular complexity index is 1030. The van der Waals surface area contributed by atoms with Crippen LogP contribution in [0.15, 0.2) is 76.4 Å². The molecule has 0 radical (unpaired) electrons. The van der Waals surface area contributed by atoms with Crippen LogP contribution in [0, 0.1) is 10.1 Å². The molecule has 3 aromatic rings. The quantitative estimate of drug-likeness (QED) is 0.540. The molecule has 132 valence electrons. The zero-order chi connectivity index (χ0) is 18.5. The van der Waals surface area contributed by atoms with Gasteiger partial charge in [-0.2, -0.15) is 0 Å². The van der Waals surface area contributed by atoms with E-state index >= 15 is 0 Å². The maximum atomic E-state index is 12.2. The van der Waals surface area contributed by atoms with Crippen LogP contribution in [0.4, 0.5) is 5.69 Å². The maximum Gasteiger partial charge on any atom is 0.330 e. The maximum absolute atomic E-state index is 12.2. The molecule has 0 saturated carbocycles. The van der Waals surface area contributed by atoms with Crippen molar-refractivity contribution in [3.63, 3.8) is 0 Å². The fourth-order valence-corrected chi connectivity index (χ4v) is 2.49. The number of benzene rings is 2. The monoisotopic (exact) mass is 353 g/mol. The number of H-pyrrole nitrogens is 1. The van der Waals surface area contributed by atoms with E-state index in [1.165, 1.54) is 35.0 Å². The molecule has 0 aliphatic rings. The first kappa shape index (κ1) is 17.3. The Morgan fingerprint density at radius 2 is 1.85 bits per heavy atom. The van der Waals surface area contributed by atoms with Crippen molar-refractivity contribution >= 4 is 5.69 Å². The van der Waals surface area contributed by atoms with Crippen molar-refractivity contribution < 1.29 is 9.66 Å². The Morgan fingerprint density at radius 1 is 1.08 bits per heavy atom. The molecular weight excluding hydrogens is 338 g/mol. The highest BCUT2D eigenvalue weighted by molar-refractivity contribution is 5.35. The zero-order valence-corrected chi connectivity index (χ0v) is 13.6. The second-order valence-electron chi connectivity index (χ2n) is 5.52. The smallest absolute Gasteiger partial charge is 0.330 e. The predicted octanol–water partition coefficient (Wildman–Crippen LogP) is 2.21. The first-order valence-electron chi connectivity index (χ1n) is 7.76. The van der Waals surface area contributed by atoms with Crippen LogP contribution in [-0.2, 0) is 11.3 Å². The highest BCUT2D eigenvalue weighted by Gasteiger charge is 2.19. The summed E-state index contributed by atoms with van der Waals surface area (Å²) in [4.78, 5) is 36.2. The third-order valence-electron chi connectivity index (χ3n) is 3.72. The lowest BCUT2D eigenvalue weighted by Gasteiger charge is -2.20. The van der Waals surface area contributed by atoms with Gasteiger partial charge in [0.25, 0.3) is 11.2 Å². The minimum atomic E-state index is -0.931. The number of nitrogens with one attached hydrogen (secondary N) is 1. The minimum Gasteiger partial charge on any atom is -0.349 e. The zero-order valence-electron chi connectivity index (χ0n) is 13.6. The highest BCUT2D eigenvalue weighted by Crippen LogP contribution is 2.23. The van der Waals surface area contributed by atoms with Crippen LogP contribution in [0.2, 0.25) is 0 Å². The summed E-state index contributed by atoms with van der Waals surface area (Å²) in [5, 5.41) is 11.1. The van der Waals surface area contributed by atoms with Crippen molar-refractivity contribution in [1.82, 2.24) is 9.55 Å². The molecule has 1 N–H and O–H groups in total. The Labute approximate surface area is 147 Å². The van der Waals surface area contributed by atoms with Crippen molar-refractivity contribution in [3.8, 4) is 0 Å². The summed E-state index contributed by atoms with van der Waals surface area (Å²) in [6.45, 7) is 0.180. The molecule has 3 rings (SSSR count). The molecule has 1 unspecified atom stereocenters. The standard InChI is InChI=1S/C18H15N3O5/c22-16-9-10-20(18(23)19-16)17(26-12-13-5-2-1-3-6-13)14-7-4-8-15(11-14)21(24)25/h1-11,17H,12H2,(H,19,22,23). The number of hydrogen-bond donors (Lipinski definition) is 1. The summed E-state index contributed by atoms with van der Waals surface area (Å²) >= 11 is 0. The second-order valence-corrected chi connectivity index (χ2v) is 5.52. The first-order chi connectivity index (χ1) is 12.5. The summed E-state index contributed by atoms with van der Waals surface area (Å²) in [6, 6.07) is 16.3. The first-order valence-corrected chi connectivity index (χ1v) is 7.76. The molecular formula is C18H15N3O5. The summed E-state index contributed by atoms with van der Waals surface area (Å²) in [5.74, 6) is 0. The lowest BCUT2D eigenvalue weighted by atomic mass is 10.1. The summed E-state index contributed by atoms with van der Waals surface area (Å²) < 4.78 is 7.06. The molecule has 0 spiro atoms. The van der Waals surface area contributed by atoms with E-state index in [4.69, 9.17) is 4.74 Å². The number of non-ortho nitro benzene ring substituents is 1. The number of nitro benzene ring substituents is 1. The summed E-state index contributed by atoms with van der Waals surface area (Å²) in [6.07, 6.45) is 0.370. The van der Waals surface area contributed by atoms with Gasteiger partial charge >= 0.3 is 5.69 Å². The second kappa shape index (κ2) is 7.58. The van der Waals surface area contributed by atoms with Gasteiger partial charge in [0.2, 0.25) is 0 Å². The molecule has 1 aromatic heterocycles. The fourth-order valence-electron chi connectivity index (χ4n) is 2.49.